The van der Waals surface area contributed by atoms with Crippen LogP contribution in [0, 0.1) is 0 Å². The van der Waals surface area contributed by atoms with Crippen LogP contribution in [0.1, 0.15) is 16.8 Å². The third-order valence-electron chi connectivity index (χ3n) is 5.62. The smallest absolute Gasteiger partial charge is 0.349 e. The highest BCUT2D eigenvalue weighted by atomic mass is 16.5. The number of ether oxygens (including phenoxy) is 1. The fraction of sp³-hybridized carbons (Fsp3) is 0.333. The number of hydrogen-bond donors (Lipinski definition) is 1. The predicted octanol–water partition coefficient (Wildman–Crippen LogP) is 2.74. The monoisotopic (exact) mass is 421 g/mol. The van der Waals surface area contributed by atoms with E-state index in [2.05, 4.69) is 21.2 Å². The second kappa shape index (κ2) is 9.66. The number of fused-ring (bicyclic) bond motifs is 1. The first-order chi connectivity index (χ1) is 15.2. The average molecular weight is 421 g/mol. The van der Waals surface area contributed by atoms with Gasteiger partial charge >= 0.3 is 5.63 Å². The Morgan fingerprint density at radius 2 is 1.81 bits per heavy atom. The van der Waals surface area contributed by atoms with E-state index >= 15 is 0 Å². The van der Waals surface area contributed by atoms with Crippen LogP contribution in [0.4, 0.5) is 5.69 Å². The normalized spacial score (nSPS) is 14.5. The first-order valence-electron chi connectivity index (χ1n) is 10.6. The van der Waals surface area contributed by atoms with E-state index in [-0.39, 0.29) is 11.5 Å². The number of rotatable bonds is 7. The minimum absolute atomic E-state index is 0.0455. The minimum atomic E-state index is -0.608. The first-order valence-corrected chi connectivity index (χ1v) is 10.6. The third-order valence-corrected chi connectivity index (χ3v) is 5.62. The number of carbonyl (C=O) groups is 1. The van der Waals surface area contributed by atoms with Crippen molar-refractivity contribution >= 4 is 22.6 Å². The van der Waals surface area contributed by atoms with Gasteiger partial charge in [0.15, 0.2) is 0 Å². The van der Waals surface area contributed by atoms with Crippen molar-refractivity contribution in [3.8, 4) is 5.75 Å². The molecular formula is C24H27N3O4. The van der Waals surface area contributed by atoms with Gasteiger partial charge in [0.25, 0.3) is 5.91 Å². The van der Waals surface area contributed by atoms with E-state index in [0.29, 0.717) is 12.1 Å². The molecule has 1 aliphatic rings. The zero-order chi connectivity index (χ0) is 21.6. The summed E-state index contributed by atoms with van der Waals surface area (Å²) in [6, 6.07) is 16.9. The van der Waals surface area contributed by atoms with Crippen LogP contribution in [-0.4, -0.2) is 57.2 Å². The molecule has 0 aliphatic carbocycles. The maximum absolute atomic E-state index is 12.4. The molecule has 0 bridgehead atoms. The van der Waals surface area contributed by atoms with Crippen LogP contribution in [-0.2, 0) is 0 Å². The standard InChI is InChI=1S/C24H27N3O4/c1-30-22-10-5-3-8-20(22)27-15-13-26(14-16-27)12-6-11-25-23(28)19-17-18-7-2-4-9-21(18)31-24(19)29/h2-5,7-10,17H,6,11-16H2,1H3,(H,25,28). The van der Waals surface area contributed by atoms with Crippen LogP contribution in [0.25, 0.3) is 11.0 Å². The zero-order valence-electron chi connectivity index (χ0n) is 17.7. The summed E-state index contributed by atoms with van der Waals surface area (Å²) in [7, 11) is 1.70. The topological polar surface area (TPSA) is 75.0 Å². The molecule has 4 rings (SSSR count). The molecule has 31 heavy (non-hydrogen) atoms. The fourth-order valence-corrected chi connectivity index (χ4v) is 3.92. The van der Waals surface area contributed by atoms with Crippen LogP contribution < -0.4 is 20.6 Å². The molecule has 1 saturated heterocycles. The Balaban J connectivity index is 1.23. The van der Waals surface area contributed by atoms with Gasteiger partial charge in [0.2, 0.25) is 0 Å². The number of nitrogens with one attached hydrogen (secondary N) is 1. The number of piperazine rings is 1. The highest BCUT2D eigenvalue weighted by molar-refractivity contribution is 5.96. The lowest BCUT2D eigenvalue weighted by Gasteiger charge is -2.36. The van der Waals surface area contributed by atoms with E-state index < -0.39 is 5.63 Å². The van der Waals surface area contributed by atoms with Gasteiger partial charge < -0.3 is 19.4 Å². The Hall–Kier alpha value is -3.32. The van der Waals surface area contributed by atoms with Crippen LogP contribution in [0.15, 0.2) is 63.8 Å². The molecule has 1 fully saturated rings. The lowest BCUT2D eigenvalue weighted by Crippen LogP contribution is -2.47. The molecule has 0 atom stereocenters. The maximum atomic E-state index is 12.4. The Morgan fingerprint density at radius 3 is 2.61 bits per heavy atom. The van der Waals surface area contributed by atoms with E-state index in [9.17, 15) is 9.59 Å². The molecule has 0 unspecified atom stereocenters. The third kappa shape index (κ3) is 4.88. The van der Waals surface area contributed by atoms with Crippen molar-refractivity contribution in [2.75, 3.05) is 51.3 Å². The van der Waals surface area contributed by atoms with Crippen molar-refractivity contribution in [2.24, 2.45) is 0 Å². The second-order valence-electron chi connectivity index (χ2n) is 7.60. The average Bonchev–Trinajstić information content (AvgIpc) is 2.81. The van der Waals surface area contributed by atoms with E-state index in [1.54, 1.807) is 25.3 Å². The van der Waals surface area contributed by atoms with Crippen molar-refractivity contribution in [3.05, 3.63) is 70.6 Å². The van der Waals surface area contributed by atoms with Gasteiger partial charge in [-0.2, -0.15) is 0 Å². The quantitative estimate of drug-likeness (QED) is 0.467. The molecular weight excluding hydrogens is 394 g/mol. The molecule has 0 spiro atoms. The van der Waals surface area contributed by atoms with Gasteiger partial charge in [0.1, 0.15) is 16.9 Å². The van der Waals surface area contributed by atoms with Crippen LogP contribution in [0.2, 0.25) is 0 Å². The summed E-state index contributed by atoms with van der Waals surface area (Å²) in [4.78, 5) is 29.3. The minimum Gasteiger partial charge on any atom is -0.495 e. The highest BCUT2D eigenvalue weighted by Gasteiger charge is 2.19. The van der Waals surface area contributed by atoms with Gasteiger partial charge in [-0.05, 0) is 37.2 Å². The number of anilines is 1. The number of nitrogens with zero attached hydrogens (tertiary/aromatic N) is 2. The van der Waals surface area contributed by atoms with Crippen molar-refractivity contribution in [1.29, 1.82) is 0 Å². The highest BCUT2D eigenvalue weighted by Crippen LogP contribution is 2.28. The lowest BCUT2D eigenvalue weighted by atomic mass is 10.2. The van der Waals surface area contributed by atoms with Gasteiger partial charge in [0, 0.05) is 38.1 Å². The van der Waals surface area contributed by atoms with Gasteiger partial charge in [-0.15, -0.1) is 0 Å². The van der Waals surface area contributed by atoms with Crippen molar-refractivity contribution < 1.29 is 13.9 Å². The van der Waals surface area contributed by atoms with Gasteiger partial charge in [-0.25, -0.2) is 4.79 Å². The molecule has 2 aromatic carbocycles. The van der Waals surface area contributed by atoms with Crippen LogP contribution in [0.3, 0.4) is 0 Å². The number of para-hydroxylation sites is 3. The van der Waals surface area contributed by atoms with Crippen molar-refractivity contribution in [3.63, 3.8) is 0 Å². The molecule has 0 saturated carbocycles. The number of benzene rings is 2. The van der Waals surface area contributed by atoms with E-state index in [0.717, 1.165) is 56.0 Å². The molecule has 7 nitrogen and oxygen atoms in total. The molecule has 1 aromatic heterocycles. The largest absolute Gasteiger partial charge is 0.495 e. The molecule has 1 aliphatic heterocycles. The zero-order valence-corrected chi connectivity index (χ0v) is 17.7. The summed E-state index contributed by atoms with van der Waals surface area (Å²) in [5.41, 5.74) is 1.05. The number of methoxy groups -OCH3 is 1. The molecule has 0 radical (unpaired) electrons. The maximum Gasteiger partial charge on any atom is 0.349 e. The number of hydrogen-bond acceptors (Lipinski definition) is 6. The Bertz CT molecular complexity index is 1100. The molecule has 1 N–H and O–H groups in total. The van der Waals surface area contributed by atoms with Crippen LogP contribution >= 0.6 is 0 Å². The predicted molar refractivity (Wildman–Crippen MR) is 121 cm³/mol. The summed E-state index contributed by atoms with van der Waals surface area (Å²) in [6.07, 6.45) is 0.819. The summed E-state index contributed by atoms with van der Waals surface area (Å²) >= 11 is 0. The summed E-state index contributed by atoms with van der Waals surface area (Å²) in [6.45, 7) is 5.19. The second-order valence-corrected chi connectivity index (χ2v) is 7.60. The summed E-state index contributed by atoms with van der Waals surface area (Å²) in [5, 5.41) is 3.58. The SMILES string of the molecule is COc1ccccc1N1CCN(CCCNC(=O)c2cc3ccccc3oc2=O)CC1. The lowest BCUT2D eigenvalue weighted by molar-refractivity contribution is 0.0948. The molecule has 162 valence electrons. The van der Waals surface area contributed by atoms with E-state index in [1.807, 2.05) is 30.3 Å². The van der Waals surface area contributed by atoms with Crippen LogP contribution in [0.5, 0.6) is 5.75 Å². The number of carbonyl (C=O) groups excluding carboxylic acids is 1. The Morgan fingerprint density at radius 1 is 1.06 bits per heavy atom. The molecule has 3 aromatic rings. The summed E-state index contributed by atoms with van der Waals surface area (Å²) in [5.74, 6) is 0.511. The van der Waals surface area contributed by atoms with Gasteiger partial charge in [-0.3, -0.25) is 9.69 Å². The fourth-order valence-electron chi connectivity index (χ4n) is 3.92. The van der Waals surface area contributed by atoms with E-state index in [4.69, 9.17) is 9.15 Å². The van der Waals surface area contributed by atoms with Crippen molar-refractivity contribution in [2.45, 2.75) is 6.42 Å². The number of amides is 1. The molecule has 1 amide bonds. The Kier molecular flexibility index (Phi) is 6.52. The van der Waals surface area contributed by atoms with Gasteiger partial charge in [0.05, 0.1) is 12.8 Å². The van der Waals surface area contributed by atoms with Crippen molar-refractivity contribution in [1.82, 2.24) is 10.2 Å². The summed E-state index contributed by atoms with van der Waals surface area (Å²) < 4.78 is 10.7. The van der Waals surface area contributed by atoms with Gasteiger partial charge in [-0.1, -0.05) is 30.3 Å². The molecule has 2 heterocycles. The first kappa shape index (κ1) is 20.9. The Labute approximate surface area is 181 Å². The van der Waals surface area contributed by atoms with E-state index in [1.165, 1.54) is 0 Å². The molecule has 7 heteroatoms.